The number of nitrogens with two attached hydrogens (primary N) is 1. The Morgan fingerprint density at radius 2 is 1.48 bits per heavy atom. The number of nitrogen functional groups attached to an aromatic ring is 1. The molecule has 2 aromatic heterocycles. The van der Waals surface area contributed by atoms with Gasteiger partial charge in [0, 0.05) is 39.7 Å². The zero-order chi connectivity index (χ0) is 20.5. The lowest BCUT2D eigenvalue weighted by Gasteiger charge is -2.12. The number of nitrogens with zero attached hydrogens (tertiary/aromatic N) is 2. The summed E-state index contributed by atoms with van der Waals surface area (Å²) in [5.41, 5.74) is 8.85. The van der Waals surface area contributed by atoms with Crippen LogP contribution in [-0.4, -0.2) is 36.8 Å². The molecule has 0 saturated heterocycles. The lowest BCUT2D eigenvalue weighted by Crippen LogP contribution is -1.98. The molecular formula is C22H17N3O4. The lowest BCUT2D eigenvalue weighted by atomic mass is 10.0. The van der Waals surface area contributed by atoms with Gasteiger partial charge in [-0.25, -0.2) is 4.98 Å². The van der Waals surface area contributed by atoms with Crippen molar-refractivity contribution in [2.24, 2.45) is 0 Å². The van der Waals surface area contributed by atoms with Gasteiger partial charge in [-0.3, -0.25) is 14.6 Å². The Hall–Kier alpha value is -4.00. The number of pyridine rings is 2. The highest BCUT2D eigenvalue weighted by Crippen LogP contribution is 2.37. The molecule has 7 heteroatoms. The molecule has 2 aromatic carbocycles. The maximum absolute atomic E-state index is 11.2. The van der Waals surface area contributed by atoms with Crippen molar-refractivity contribution in [3.05, 3.63) is 53.7 Å². The van der Waals surface area contributed by atoms with Crippen LogP contribution in [0.4, 0.5) is 5.82 Å². The maximum atomic E-state index is 11.2. The zero-order valence-corrected chi connectivity index (χ0v) is 15.8. The number of methoxy groups -OCH3 is 2. The summed E-state index contributed by atoms with van der Waals surface area (Å²) in [5, 5.41) is 2.33. The summed E-state index contributed by atoms with van der Waals surface area (Å²) in [6, 6.07) is 10.3. The maximum Gasteiger partial charge on any atom is 0.162 e. The van der Waals surface area contributed by atoms with E-state index in [0.717, 1.165) is 10.8 Å². The highest BCUT2D eigenvalue weighted by molar-refractivity contribution is 6.10. The third-order valence-corrected chi connectivity index (χ3v) is 4.76. The van der Waals surface area contributed by atoms with Crippen molar-refractivity contribution in [3.8, 4) is 22.8 Å². The average molecular weight is 387 g/mol. The first-order valence-electron chi connectivity index (χ1n) is 8.74. The Morgan fingerprint density at radius 3 is 2.10 bits per heavy atom. The Balaban J connectivity index is 2.04. The molecular weight excluding hydrogens is 370 g/mol. The number of fused-ring (bicyclic) bond motifs is 3. The first-order valence-corrected chi connectivity index (χ1v) is 8.74. The average Bonchev–Trinajstić information content (AvgIpc) is 2.77. The van der Waals surface area contributed by atoms with Crippen LogP contribution in [0.1, 0.15) is 20.7 Å². The summed E-state index contributed by atoms with van der Waals surface area (Å²) in [7, 11) is 3.13. The van der Waals surface area contributed by atoms with Crippen LogP contribution in [-0.2, 0) is 0 Å². The molecule has 0 radical (unpaired) electrons. The topological polar surface area (TPSA) is 104 Å². The molecule has 0 bridgehead atoms. The lowest BCUT2D eigenvalue weighted by molar-refractivity contribution is 0.112. The fraction of sp³-hybridized carbons (Fsp3) is 0.0909. The molecule has 2 N–H and O–H groups in total. The van der Waals surface area contributed by atoms with Gasteiger partial charge in [0.25, 0.3) is 0 Å². The molecule has 0 amide bonds. The third-order valence-electron chi connectivity index (χ3n) is 4.76. The second kappa shape index (κ2) is 7.20. The standard InChI is InChI=1S/C22H17N3O4/c1-28-20-7-16-15-6-18(14-4-12(10-26)3-13(5-14)11-27)25-22(23)17(15)9-24-19(16)8-21(20)29-2/h3-11H,1-2H3,(H2,23,25). The van der Waals surface area contributed by atoms with Gasteiger partial charge in [0.1, 0.15) is 18.4 Å². The van der Waals surface area contributed by atoms with Gasteiger partial charge in [0.05, 0.1) is 25.4 Å². The Morgan fingerprint density at radius 1 is 0.828 bits per heavy atom. The van der Waals surface area contributed by atoms with Gasteiger partial charge >= 0.3 is 0 Å². The van der Waals surface area contributed by atoms with Crippen LogP contribution < -0.4 is 15.2 Å². The van der Waals surface area contributed by atoms with Gasteiger partial charge in [-0.05, 0) is 35.7 Å². The summed E-state index contributed by atoms with van der Waals surface area (Å²) in [5.74, 6) is 1.44. The second-order valence-electron chi connectivity index (χ2n) is 6.46. The predicted molar refractivity (Wildman–Crippen MR) is 111 cm³/mol. The molecule has 0 unspecified atom stereocenters. The quantitative estimate of drug-likeness (QED) is 0.411. The highest BCUT2D eigenvalue weighted by atomic mass is 16.5. The third kappa shape index (κ3) is 3.12. The molecule has 0 aliphatic rings. The van der Waals surface area contributed by atoms with Crippen molar-refractivity contribution in [2.45, 2.75) is 0 Å². The second-order valence-corrected chi connectivity index (χ2v) is 6.46. The number of benzene rings is 2. The molecule has 0 spiro atoms. The minimum absolute atomic E-state index is 0.297. The summed E-state index contributed by atoms with van der Waals surface area (Å²) in [4.78, 5) is 31.4. The molecule has 144 valence electrons. The van der Waals surface area contributed by atoms with Crippen molar-refractivity contribution in [3.63, 3.8) is 0 Å². The van der Waals surface area contributed by atoms with Gasteiger partial charge in [0.15, 0.2) is 11.5 Å². The van der Waals surface area contributed by atoms with Crippen LogP contribution in [0.2, 0.25) is 0 Å². The summed E-state index contributed by atoms with van der Waals surface area (Å²) < 4.78 is 10.8. The van der Waals surface area contributed by atoms with Gasteiger partial charge in [-0.2, -0.15) is 0 Å². The van der Waals surface area contributed by atoms with Crippen molar-refractivity contribution in [1.82, 2.24) is 9.97 Å². The normalized spacial score (nSPS) is 10.8. The zero-order valence-electron chi connectivity index (χ0n) is 15.8. The minimum atomic E-state index is 0.297. The Kier molecular flexibility index (Phi) is 4.56. The molecule has 0 aliphatic carbocycles. The number of hydrogen-bond acceptors (Lipinski definition) is 7. The Labute approximate surface area is 166 Å². The largest absolute Gasteiger partial charge is 0.493 e. The van der Waals surface area contributed by atoms with E-state index in [-0.39, 0.29) is 0 Å². The van der Waals surface area contributed by atoms with Crippen molar-refractivity contribution in [2.75, 3.05) is 20.0 Å². The first-order chi connectivity index (χ1) is 14.1. The number of aldehydes is 2. The first kappa shape index (κ1) is 18.4. The number of aromatic nitrogens is 2. The smallest absolute Gasteiger partial charge is 0.162 e. The number of anilines is 1. The molecule has 0 atom stereocenters. The number of rotatable bonds is 5. The Bertz CT molecular complexity index is 1260. The van der Waals surface area contributed by atoms with Gasteiger partial charge in [0.2, 0.25) is 0 Å². The molecule has 0 saturated carbocycles. The van der Waals surface area contributed by atoms with Crippen LogP contribution in [0, 0.1) is 0 Å². The van der Waals surface area contributed by atoms with Crippen molar-refractivity contribution >= 4 is 40.1 Å². The van der Waals surface area contributed by atoms with E-state index in [1.54, 1.807) is 38.6 Å². The highest BCUT2D eigenvalue weighted by Gasteiger charge is 2.14. The molecule has 7 nitrogen and oxygen atoms in total. The molecule has 2 heterocycles. The summed E-state index contributed by atoms with van der Waals surface area (Å²) >= 11 is 0. The van der Waals surface area contributed by atoms with Crippen LogP contribution in [0.3, 0.4) is 0 Å². The van der Waals surface area contributed by atoms with Crippen molar-refractivity contribution in [1.29, 1.82) is 0 Å². The number of ether oxygens (including phenoxy) is 2. The molecule has 29 heavy (non-hydrogen) atoms. The number of carbonyl (C=O) groups excluding carboxylic acids is 2. The minimum Gasteiger partial charge on any atom is -0.493 e. The van der Waals surface area contributed by atoms with E-state index in [0.29, 0.717) is 63.2 Å². The van der Waals surface area contributed by atoms with Crippen LogP contribution >= 0.6 is 0 Å². The molecule has 0 fully saturated rings. The van der Waals surface area contributed by atoms with Crippen LogP contribution in [0.15, 0.2) is 42.6 Å². The fourth-order valence-electron chi connectivity index (χ4n) is 3.37. The van der Waals surface area contributed by atoms with E-state index in [1.165, 1.54) is 6.07 Å². The van der Waals surface area contributed by atoms with Gasteiger partial charge in [-0.15, -0.1) is 0 Å². The van der Waals surface area contributed by atoms with E-state index in [1.807, 2.05) is 12.1 Å². The van der Waals surface area contributed by atoms with E-state index in [2.05, 4.69) is 9.97 Å². The monoisotopic (exact) mass is 387 g/mol. The van der Waals surface area contributed by atoms with E-state index < -0.39 is 0 Å². The fourth-order valence-corrected chi connectivity index (χ4v) is 3.37. The van der Waals surface area contributed by atoms with E-state index in [4.69, 9.17) is 15.2 Å². The van der Waals surface area contributed by atoms with E-state index in [9.17, 15) is 9.59 Å². The number of carbonyl (C=O) groups is 2. The predicted octanol–water partition coefficient (Wildman–Crippen LogP) is 3.67. The summed E-state index contributed by atoms with van der Waals surface area (Å²) in [6.07, 6.45) is 3.04. The van der Waals surface area contributed by atoms with Crippen molar-refractivity contribution < 1.29 is 19.1 Å². The molecule has 4 aromatic rings. The molecule has 4 rings (SSSR count). The van der Waals surface area contributed by atoms with Crippen LogP contribution in [0.25, 0.3) is 32.9 Å². The van der Waals surface area contributed by atoms with E-state index >= 15 is 0 Å². The molecule has 0 aliphatic heterocycles. The number of hydrogen-bond donors (Lipinski definition) is 1. The van der Waals surface area contributed by atoms with Gasteiger partial charge < -0.3 is 15.2 Å². The van der Waals surface area contributed by atoms with Crippen LogP contribution in [0.5, 0.6) is 11.5 Å². The van der Waals surface area contributed by atoms with Gasteiger partial charge in [-0.1, -0.05) is 0 Å². The summed E-state index contributed by atoms with van der Waals surface area (Å²) in [6.45, 7) is 0. The SMILES string of the molecule is COc1cc2ncc3c(N)nc(-c4cc(C=O)cc(C=O)c4)cc3c2cc1OC.